The van der Waals surface area contributed by atoms with E-state index in [9.17, 15) is 9.59 Å². The molecule has 20 heavy (non-hydrogen) atoms. The number of hydrogen-bond acceptors (Lipinski definition) is 4. The van der Waals surface area contributed by atoms with E-state index in [1.807, 2.05) is 24.3 Å². The summed E-state index contributed by atoms with van der Waals surface area (Å²) in [5.41, 5.74) is 1.17. The van der Waals surface area contributed by atoms with Gasteiger partial charge in [0.1, 0.15) is 17.9 Å². The number of carbonyl (C=O) groups excluding carboxylic acids is 2. The van der Waals surface area contributed by atoms with Gasteiger partial charge in [-0.1, -0.05) is 18.2 Å². The van der Waals surface area contributed by atoms with Crippen LogP contribution in [0.5, 0.6) is 0 Å². The van der Waals surface area contributed by atoms with Gasteiger partial charge < -0.3 is 14.1 Å². The number of carbonyl (C=O) groups is 2. The van der Waals surface area contributed by atoms with Crippen LogP contribution in [-0.2, 0) is 9.53 Å². The molecule has 3 rings (SSSR count). The van der Waals surface area contributed by atoms with Crippen LogP contribution in [0.25, 0.3) is 11.0 Å². The molecule has 0 spiro atoms. The minimum atomic E-state index is -0.485. The van der Waals surface area contributed by atoms with Crippen LogP contribution in [0.2, 0.25) is 0 Å². The highest BCUT2D eigenvalue weighted by atomic mass is 16.5. The normalized spacial score (nSPS) is 18.4. The van der Waals surface area contributed by atoms with Gasteiger partial charge in [0.15, 0.2) is 0 Å². The number of hydrogen-bond donors (Lipinski definition) is 0. The number of furan rings is 1. The number of benzene rings is 1. The van der Waals surface area contributed by atoms with Crippen molar-refractivity contribution >= 4 is 22.8 Å². The fourth-order valence-corrected chi connectivity index (χ4v) is 2.69. The van der Waals surface area contributed by atoms with Crippen molar-refractivity contribution in [3.8, 4) is 0 Å². The molecule has 1 aliphatic rings. The average Bonchev–Trinajstić information content (AvgIpc) is 3.12. The van der Waals surface area contributed by atoms with E-state index in [4.69, 9.17) is 9.15 Å². The van der Waals surface area contributed by atoms with E-state index in [1.165, 1.54) is 13.4 Å². The smallest absolute Gasteiger partial charge is 0.328 e. The van der Waals surface area contributed by atoms with Crippen LogP contribution >= 0.6 is 0 Å². The van der Waals surface area contributed by atoms with Gasteiger partial charge in [0, 0.05) is 11.9 Å². The fourth-order valence-electron chi connectivity index (χ4n) is 2.69. The van der Waals surface area contributed by atoms with E-state index in [0.717, 1.165) is 11.8 Å². The van der Waals surface area contributed by atoms with Gasteiger partial charge in [0.25, 0.3) is 5.91 Å². The maximum Gasteiger partial charge on any atom is 0.328 e. The summed E-state index contributed by atoms with van der Waals surface area (Å²) in [6.45, 7) is 0.568. The summed E-state index contributed by atoms with van der Waals surface area (Å²) in [4.78, 5) is 25.9. The monoisotopic (exact) mass is 273 g/mol. The summed E-state index contributed by atoms with van der Waals surface area (Å²) < 4.78 is 10.2. The first-order valence-electron chi connectivity index (χ1n) is 6.57. The molecular weight excluding hydrogens is 258 g/mol. The Labute approximate surface area is 116 Å². The summed E-state index contributed by atoms with van der Waals surface area (Å²) in [5.74, 6) is -0.536. The standard InChI is InChI=1S/C15H15NO4/c1-19-15(18)12-6-4-8-16(12)14(17)11-9-20-13-7-3-2-5-10(11)13/h2-3,5,7,9,12H,4,6,8H2,1H3. The summed E-state index contributed by atoms with van der Waals surface area (Å²) in [7, 11) is 1.34. The lowest BCUT2D eigenvalue weighted by Crippen LogP contribution is -2.41. The molecule has 1 atom stereocenters. The first-order valence-corrected chi connectivity index (χ1v) is 6.57. The van der Waals surface area contributed by atoms with Crippen molar-refractivity contribution < 1.29 is 18.7 Å². The Morgan fingerprint density at radius 2 is 2.15 bits per heavy atom. The first-order chi connectivity index (χ1) is 9.72. The molecule has 0 radical (unpaired) electrons. The topological polar surface area (TPSA) is 59.8 Å². The van der Waals surface area contributed by atoms with Gasteiger partial charge in [-0.3, -0.25) is 4.79 Å². The highest BCUT2D eigenvalue weighted by molar-refractivity contribution is 6.07. The fraction of sp³-hybridized carbons (Fsp3) is 0.333. The van der Waals surface area contributed by atoms with E-state index >= 15 is 0 Å². The second kappa shape index (κ2) is 5.00. The molecule has 1 saturated heterocycles. The molecule has 104 valence electrons. The lowest BCUT2D eigenvalue weighted by molar-refractivity contribution is -0.145. The SMILES string of the molecule is COC(=O)C1CCCN1C(=O)c1coc2ccccc12. The van der Waals surface area contributed by atoms with E-state index in [0.29, 0.717) is 24.1 Å². The highest BCUT2D eigenvalue weighted by Crippen LogP contribution is 2.26. The number of nitrogens with zero attached hydrogens (tertiary/aromatic N) is 1. The molecule has 1 aromatic carbocycles. The van der Waals surface area contributed by atoms with Gasteiger partial charge in [-0.25, -0.2) is 4.79 Å². The number of methoxy groups -OCH3 is 1. The van der Waals surface area contributed by atoms with Crippen molar-refractivity contribution in [3.05, 3.63) is 36.1 Å². The van der Waals surface area contributed by atoms with Crippen LogP contribution < -0.4 is 0 Å². The van der Waals surface area contributed by atoms with Gasteiger partial charge in [0.05, 0.1) is 12.7 Å². The minimum absolute atomic E-state index is 0.178. The lowest BCUT2D eigenvalue weighted by atomic mass is 10.1. The Morgan fingerprint density at radius 1 is 1.35 bits per heavy atom. The third-order valence-electron chi connectivity index (χ3n) is 3.70. The highest BCUT2D eigenvalue weighted by Gasteiger charge is 2.36. The summed E-state index contributed by atoms with van der Waals surface area (Å²) in [6, 6.07) is 6.88. The molecule has 0 bridgehead atoms. The Hall–Kier alpha value is -2.30. The molecule has 1 fully saturated rings. The maximum atomic E-state index is 12.6. The first kappa shape index (κ1) is 12.7. The van der Waals surface area contributed by atoms with Crippen molar-refractivity contribution in [2.45, 2.75) is 18.9 Å². The van der Waals surface area contributed by atoms with Gasteiger partial charge >= 0.3 is 5.97 Å². The molecule has 2 aromatic rings. The number of ether oxygens (including phenoxy) is 1. The number of para-hydroxylation sites is 1. The Morgan fingerprint density at radius 3 is 2.95 bits per heavy atom. The summed E-state index contributed by atoms with van der Waals surface area (Å²) >= 11 is 0. The van der Waals surface area contributed by atoms with Crippen LogP contribution in [0, 0.1) is 0 Å². The number of esters is 1. The number of likely N-dealkylation sites (tertiary alicyclic amines) is 1. The summed E-state index contributed by atoms with van der Waals surface area (Å²) in [6.07, 6.45) is 2.91. The van der Waals surface area contributed by atoms with Crippen molar-refractivity contribution in [1.29, 1.82) is 0 Å². The molecule has 0 aliphatic carbocycles. The predicted octanol–water partition coefficient (Wildman–Crippen LogP) is 2.21. The van der Waals surface area contributed by atoms with Crippen molar-refractivity contribution in [2.75, 3.05) is 13.7 Å². The predicted molar refractivity (Wildman–Crippen MR) is 72.3 cm³/mol. The second-order valence-electron chi connectivity index (χ2n) is 4.83. The molecule has 1 amide bonds. The summed E-state index contributed by atoms with van der Waals surface area (Å²) in [5, 5.41) is 0.771. The van der Waals surface area contributed by atoms with Gasteiger partial charge in [-0.2, -0.15) is 0 Å². The molecule has 5 nitrogen and oxygen atoms in total. The van der Waals surface area contributed by atoms with Crippen LogP contribution in [0.3, 0.4) is 0 Å². The molecular formula is C15H15NO4. The molecule has 1 unspecified atom stereocenters. The van der Waals surface area contributed by atoms with E-state index in [-0.39, 0.29) is 11.9 Å². The third-order valence-corrected chi connectivity index (χ3v) is 3.70. The Kier molecular flexibility index (Phi) is 3.18. The average molecular weight is 273 g/mol. The van der Waals surface area contributed by atoms with Gasteiger partial charge in [-0.15, -0.1) is 0 Å². The van der Waals surface area contributed by atoms with Crippen LogP contribution in [-0.4, -0.2) is 36.5 Å². The minimum Gasteiger partial charge on any atom is -0.467 e. The second-order valence-corrected chi connectivity index (χ2v) is 4.83. The molecule has 2 heterocycles. The quantitative estimate of drug-likeness (QED) is 0.787. The molecule has 5 heteroatoms. The number of amides is 1. The van der Waals surface area contributed by atoms with Crippen molar-refractivity contribution in [3.63, 3.8) is 0 Å². The molecule has 1 aliphatic heterocycles. The Bertz CT molecular complexity index is 661. The van der Waals surface area contributed by atoms with Crippen LogP contribution in [0.1, 0.15) is 23.2 Å². The number of rotatable bonds is 2. The number of fused-ring (bicyclic) bond motifs is 1. The zero-order valence-corrected chi connectivity index (χ0v) is 11.2. The van der Waals surface area contributed by atoms with Gasteiger partial charge in [0.2, 0.25) is 0 Å². The van der Waals surface area contributed by atoms with Crippen molar-refractivity contribution in [1.82, 2.24) is 4.90 Å². The van der Waals surface area contributed by atoms with E-state index in [1.54, 1.807) is 4.90 Å². The largest absolute Gasteiger partial charge is 0.467 e. The van der Waals surface area contributed by atoms with Gasteiger partial charge in [-0.05, 0) is 18.9 Å². The van der Waals surface area contributed by atoms with Crippen LogP contribution in [0.15, 0.2) is 34.9 Å². The Balaban J connectivity index is 1.94. The van der Waals surface area contributed by atoms with E-state index < -0.39 is 6.04 Å². The zero-order chi connectivity index (χ0) is 14.1. The molecule has 0 saturated carbocycles. The lowest BCUT2D eigenvalue weighted by Gasteiger charge is -2.22. The van der Waals surface area contributed by atoms with Crippen molar-refractivity contribution in [2.24, 2.45) is 0 Å². The van der Waals surface area contributed by atoms with Crippen LogP contribution in [0.4, 0.5) is 0 Å². The molecule has 1 aromatic heterocycles. The third kappa shape index (κ3) is 1.95. The zero-order valence-electron chi connectivity index (χ0n) is 11.2. The van der Waals surface area contributed by atoms with E-state index in [2.05, 4.69) is 0 Å². The maximum absolute atomic E-state index is 12.6. The molecule has 0 N–H and O–H groups in total.